The number of carboxylic acid groups (broad SMARTS) is 2. The van der Waals surface area contributed by atoms with Gasteiger partial charge in [-0.15, -0.1) is 0 Å². The van der Waals surface area contributed by atoms with Crippen molar-refractivity contribution in [2.45, 2.75) is 6.92 Å². The van der Waals surface area contributed by atoms with E-state index in [1.54, 1.807) is 29.2 Å². The summed E-state index contributed by atoms with van der Waals surface area (Å²) in [4.78, 5) is 37.4. The molecule has 9 nitrogen and oxygen atoms in total. The highest BCUT2D eigenvalue weighted by molar-refractivity contribution is 7.88. The fourth-order valence-electron chi connectivity index (χ4n) is 3.66. The van der Waals surface area contributed by atoms with Crippen molar-refractivity contribution >= 4 is 27.9 Å². The van der Waals surface area contributed by atoms with E-state index in [4.69, 9.17) is 0 Å². The lowest BCUT2D eigenvalue weighted by Crippen LogP contribution is -2.50. The topological polar surface area (TPSA) is 132 Å². The van der Waals surface area contributed by atoms with Gasteiger partial charge < -0.3 is 15.1 Å². The molecule has 2 aromatic rings. The Labute approximate surface area is 179 Å². The maximum atomic E-state index is 12.8. The van der Waals surface area contributed by atoms with Crippen LogP contribution in [0.5, 0.6) is 0 Å². The van der Waals surface area contributed by atoms with Crippen LogP contribution in [0.2, 0.25) is 0 Å². The number of rotatable bonds is 5. The summed E-state index contributed by atoms with van der Waals surface area (Å²) in [6.45, 7) is 2.49. The van der Waals surface area contributed by atoms with E-state index < -0.39 is 22.0 Å². The molecule has 0 bridgehead atoms. The van der Waals surface area contributed by atoms with Crippen molar-refractivity contribution in [3.05, 3.63) is 58.7 Å². The monoisotopic (exact) mass is 446 g/mol. The third-order valence-electron chi connectivity index (χ3n) is 5.35. The van der Waals surface area contributed by atoms with Gasteiger partial charge in [-0.25, -0.2) is 18.0 Å². The fourth-order valence-corrected chi connectivity index (χ4v) is 4.48. The van der Waals surface area contributed by atoms with E-state index in [1.807, 2.05) is 0 Å². The molecule has 1 aliphatic rings. The van der Waals surface area contributed by atoms with Crippen molar-refractivity contribution < 1.29 is 33.0 Å². The molecule has 1 aliphatic heterocycles. The number of piperazine rings is 1. The van der Waals surface area contributed by atoms with Crippen molar-refractivity contribution in [2.24, 2.45) is 0 Å². The Hall–Kier alpha value is -3.24. The predicted octanol–water partition coefficient (Wildman–Crippen LogP) is 1.78. The minimum atomic E-state index is -3.29. The van der Waals surface area contributed by atoms with Gasteiger partial charge in [0.15, 0.2) is 0 Å². The highest BCUT2D eigenvalue weighted by atomic mass is 32.2. The quantitative estimate of drug-likeness (QED) is 0.715. The molecular formula is C21H22N2O7S. The van der Waals surface area contributed by atoms with Gasteiger partial charge in [-0.3, -0.25) is 4.79 Å². The van der Waals surface area contributed by atoms with Crippen LogP contribution < -0.4 is 0 Å². The van der Waals surface area contributed by atoms with E-state index in [2.05, 4.69) is 0 Å². The van der Waals surface area contributed by atoms with Gasteiger partial charge in [0.1, 0.15) is 0 Å². The molecule has 0 spiro atoms. The number of amides is 1. The Morgan fingerprint density at radius 1 is 0.871 bits per heavy atom. The van der Waals surface area contributed by atoms with Gasteiger partial charge in [0.25, 0.3) is 5.91 Å². The number of aromatic carboxylic acids is 2. The van der Waals surface area contributed by atoms with Crippen LogP contribution in [0.1, 0.15) is 36.6 Å². The average Bonchev–Trinajstić information content (AvgIpc) is 2.72. The fraction of sp³-hybridized carbons (Fsp3) is 0.286. The highest BCUT2D eigenvalue weighted by Crippen LogP contribution is 2.29. The van der Waals surface area contributed by atoms with Crippen LogP contribution in [-0.2, 0) is 10.0 Å². The largest absolute Gasteiger partial charge is 0.478 e. The SMILES string of the molecule is Cc1c(C(=O)O)ccc(-c2ccc(C(=O)N3CCN(S(C)(=O)=O)CC3)cc2)c1C(=O)O. The van der Waals surface area contributed by atoms with Crippen LogP contribution in [0.15, 0.2) is 36.4 Å². The molecule has 2 aromatic carbocycles. The standard InChI is InChI=1S/C21H22N2O7S/c1-13-16(20(25)26)7-8-17(18(13)21(27)28)14-3-5-15(6-4-14)19(24)22-9-11-23(12-10-22)31(2,29)30/h3-8H,9-12H2,1-2H3,(H,25,26)(H,27,28). The second-order valence-corrected chi connectivity index (χ2v) is 9.29. The predicted molar refractivity (Wildman–Crippen MR) is 113 cm³/mol. The number of carbonyl (C=O) groups excluding carboxylic acids is 1. The zero-order valence-electron chi connectivity index (χ0n) is 17.0. The number of benzene rings is 2. The van der Waals surface area contributed by atoms with Crippen molar-refractivity contribution in [2.75, 3.05) is 32.4 Å². The Bertz CT molecular complexity index is 1150. The van der Waals surface area contributed by atoms with Crippen LogP contribution in [0.4, 0.5) is 0 Å². The molecule has 0 saturated carbocycles. The number of nitrogens with zero attached hydrogens (tertiary/aromatic N) is 2. The maximum absolute atomic E-state index is 12.8. The van der Waals surface area contributed by atoms with Gasteiger partial charge in [-0.2, -0.15) is 4.31 Å². The molecule has 1 heterocycles. The van der Waals surface area contributed by atoms with Crippen molar-refractivity contribution in [3.63, 3.8) is 0 Å². The lowest BCUT2D eigenvalue weighted by Gasteiger charge is -2.33. The van der Waals surface area contributed by atoms with Gasteiger partial charge in [-0.1, -0.05) is 18.2 Å². The summed E-state index contributed by atoms with van der Waals surface area (Å²) in [6, 6.07) is 9.18. The first-order valence-corrected chi connectivity index (χ1v) is 11.3. The zero-order chi connectivity index (χ0) is 22.9. The molecule has 31 heavy (non-hydrogen) atoms. The molecular weight excluding hydrogens is 424 g/mol. The molecule has 3 rings (SSSR count). The Morgan fingerprint density at radius 2 is 1.45 bits per heavy atom. The normalized spacial score (nSPS) is 15.0. The summed E-state index contributed by atoms with van der Waals surface area (Å²) < 4.78 is 24.6. The van der Waals surface area contributed by atoms with Gasteiger partial charge in [0, 0.05) is 31.7 Å². The first kappa shape index (κ1) is 22.4. The summed E-state index contributed by atoms with van der Waals surface area (Å²) in [7, 11) is -3.29. The van der Waals surface area contributed by atoms with E-state index in [1.165, 1.54) is 23.4 Å². The van der Waals surface area contributed by atoms with Crippen molar-refractivity contribution in [3.8, 4) is 11.1 Å². The second-order valence-electron chi connectivity index (χ2n) is 7.30. The molecule has 0 aliphatic carbocycles. The molecule has 2 N–H and O–H groups in total. The van der Waals surface area contributed by atoms with E-state index in [-0.39, 0.29) is 48.8 Å². The van der Waals surface area contributed by atoms with E-state index in [0.717, 1.165) is 6.26 Å². The van der Waals surface area contributed by atoms with Crippen LogP contribution in [-0.4, -0.2) is 78.1 Å². The Kier molecular flexibility index (Phi) is 6.14. The third kappa shape index (κ3) is 4.59. The van der Waals surface area contributed by atoms with Crippen molar-refractivity contribution in [1.29, 1.82) is 0 Å². The van der Waals surface area contributed by atoms with Gasteiger partial charge in [0.05, 0.1) is 17.4 Å². The van der Waals surface area contributed by atoms with Crippen LogP contribution in [0.3, 0.4) is 0 Å². The molecule has 1 amide bonds. The summed E-state index contributed by atoms with van der Waals surface area (Å²) >= 11 is 0. The average molecular weight is 446 g/mol. The molecule has 0 atom stereocenters. The van der Waals surface area contributed by atoms with Crippen LogP contribution in [0, 0.1) is 6.92 Å². The minimum absolute atomic E-state index is 0.0822. The van der Waals surface area contributed by atoms with Crippen LogP contribution >= 0.6 is 0 Å². The van der Waals surface area contributed by atoms with E-state index in [0.29, 0.717) is 16.7 Å². The molecule has 0 aromatic heterocycles. The maximum Gasteiger partial charge on any atom is 0.336 e. The molecule has 0 unspecified atom stereocenters. The first-order valence-electron chi connectivity index (χ1n) is 9.45. The Morgan fingerprint density at radius 3 is 1.94 bits per heavy atom. The Balaban J connectivity index is 1.84. The summed E-state index contributed by atoms with van der Waals surface area (Å²) in [5.74, 6) is -2.68. The zero-order valence-corrected chi connectivity index (χ0v) is 17.8. The second kappa shape index (κ2) is 8.48. The third-order valence-corrected chi connectivity index (χ3v) is 6.65. The van der Waals surface area contributed by atoms with Crippen LogP contribution in [0.25, 0.3) is 11.1 Å². The molecule has 1 saturated heterocycles. The molecule has 1 fully saturated rings. The molecule has 10 heteroatoms. The van der Waals surface area contributed by atoms with E-state index >= 15 is 0 Å². The lowest BCUT2D eigenvalue weighted by molar-refractivity contribution is 0.0685. The first-order chi connectivity index (χ1) is 14.5. The van der Waals surface area contributed by atoms with Gasteiger partial charge in [0.2, 0.25) is 10.0 Å². The number of hydrogen-bond donors (Lipinski definition) is 2. The molecule has 0 radical (unpaired) electrons. The van der Waals surface area contributed by atoms with Gasteiger partial charge >= 0.3 is 11.9 Å². The lowest BCUT2D eigenvalue weighted by atomic mass is 9.92. The number of carboxylic acids is 2. The van der Waals surface area contributed by atoms with E-state index in [9.17, 15) is 33.0 Å². The number of carbonyl (C=O) groups is 3. The smallest absolute Gasteiger partial charge is 0.336 e. The molecule has 164 valence electrons. The summed E-state index contributed by atoms with van der Waals surface area (Å²) in [6.07, 6.45) is 1.14. The summed E-state index contributed by atoms with van der Waals surface area (Å²) in [5.41, 5.74) is 1.26. The van der Waals surface area contributed by atoms with Crippen molar-refractivity contribution in [1.82, 2.24) is 9.21 Å². The summed E-state index contributed by atoms with van der Waals surface area (Å²) in [5, 5.41) is 18.8. The number of hydrogen-bond acceptors (Lipinski definition) is 5. The van der Waals surface area contributed by atoms with Gasteiger partial charge in [-0.05, 0) is 41.8 Å². The highest BCUT2D eigenvalue weighted by Gasteiger charge is 2.27. The number of sulfonamides is 1. The minimum Gasteiger partial charge on any atom is -0.478 e.